The van der Waals surface area contributed by atoms with Gasteiger partial charge in [0.2, 0.25) is 0 Å². The second-order valence-corrected chi connectivity index (χ2v) is 3.74. The highest BCUT2D eigenvalue weighted by atomic mass is 14.0. The molecular formula is C15H14. The van der Waals surface area contributed by atoms with Gasteiger partial charge in [-0.2, -0.15) is 0 Å². The van der Waals surface area contributed by atoms with Crippen molar-refractivity contribution in [2.45, 2.75) is 6.92 Å². The van der Waals surface area contributed by atoms with Gasteiger partial charge < -0.3 is 0 Å². The molecule has 0 aliphatic carbocycles. The molecule has 0 bridgehead atoms. The summed E-state index contributed by atoms with van der Waals surface area (Å²) in [7, 11) is 0. The Morgan fingerprint density at radius 3 is 2.07 bits per heavy atom. The lowest BCUT2D eigenvalue weighted by Crippen LogP contribution is -1.83. The number of aryl methyl sites for hydroxylation is 1. The Hall–Kier alpha value is -1.82. The third kappa shape index (κ3) is 1.71. The van der Waals surface area contributed by atoms with Crippen LogP contribution in [0, 0.1) is 6.92 Å². The molecule has 2 rings (SSSR count). The van der Waals surface area contributed by atoms with E-state index in [1.807, 2.05) is 12.2 Å². The maximum absolute atomic E-state index is 3.82. The van der Waals surface area contributed by atoms with Gasteiger partial charge in [0.05, 0.1) is 0 Å². The molecule has 0 nitrogen and oxygen atoms in total. The Labute approximate surface area is 90.6 Å². The van der Waals surface area contributed by atoms with Gasteiger partial charge in [0.25, 0.3) is 0 Å². The zero-order valence-corrected chi connectivity index (χ0v) is 8.96. The van der Waals surface area contributed by atoms with Gasteiger partial charge in [0.15, 0.2) is 0 Å². The van der Waals surface area contributed by atoms with Crippen molar-refractivity contribution in [1.82, 2.24) is 0 Å². The summed E-state index contributed by atoms with van der Waals surface area (Å²) in [5.74, 6) is 0. The Morgan fingerprint density at radius 1 is 0.867 bits per heavy atom. The molecule has 0 fully saturated rings. The summed E-state index contributed by atoms with van der Waals surface area (Å²) >= 11 is 0. The first-order chi connectivity index (χ1) is 7.24. The van der Waals surface area contributed by atoms with Crippen LogP contribution in [0.3, 0.4) is 0 Å². The standard InChI is InChI=1S/C15H14/c1-4-12-9-14-7-6-11(3)8-15(14)10-13(12)5-2/h4-10H,1-2H2,3H3. The number of rotatable bonds is 2. The van der Waals surface area contributed by atoms with E-state index in [1.165, 1.54) is 16.3 Å². The zero-order chi connectivity index (χ0) is 10.8. The number of fused-ring (bicyclic) bond motifs is 1. The maximum atomic E-state index is 3.82. The zero-order valence-electron chi connectivity index (χ0n) is 8.96. The first-order valence-electron chi connectivity index (χ1n) is 5.04. The Balaban J connectivity index is 2.80. The second-order valence-electron chi connectivity index (χ2n) is 3.74. The lowest BCUT2D eigenvalue weighted by molar-refractivity contribution is 1.50. The number of hydrogen-bond donors (Lipinski definition) is 0. The molecule has 0 aromatic heterocycles. The van der Waals surface area contributed by atoms with Crippen molar-refractivity contribution in [2.75, 3.05) is 0 Å². The van der Waals surface area contributed by atoms with Crippen molar-refractivity contribution >= 4 is 22.9 Å². The van der Waals surface area contributed by atoms with E-state index in [2.05, 4.69) is 50.4 Å². The summed E-state index contributed by atoms with van der Waals surface area (Å²) < 4.78 is 0. The lowest BCUT2D eigenvalue weighted by atomic mass is 9.99. The topological polar surface area (TPSA) is 0 Å². The first kappa shape index (κ1) is 9.72. The van der Waals surface area contributed by atoms with Gasteiger partial charge in [0, 0.05) is 0 Å². The summed E-state index contributed by atoms with van der Waals surface area (Å²) in [6.45, 7) is 9.74. The molecule has 0 aliphatic rings. The molecule has 0 amide bonds. The van der Waals surface area contributed by atoms with Crippen LogP contribution in [0.4, 0.5) is 0 Å². The van der Waals surface area contributed by atoms with Gasteiger partial charge >= 0.3 is 0 Å². The van der Waals surface area contributed by atoms with Crippen LogP contribution in [-0.2, 0) is 0 Å². The van der Waals surface area contributed by atoms with E-state index in [-0.39, 0.29) is 0 Å². The third-order valence-electron chi connectivity index (χ3n) is 2.64. The Kier molecular flexibility index (Phi) is 2.42. The predicted octanol–water partition coefficient (Wildman–Crippen LogP) is 4.43. The molecule has 0 spiro atoms. The SMILES string of the molecule is C=Cc1cc2ccc(C)cc2cc1C=C. The molecular weight excluding hydrogens is 180 g/mol. The van der Waals surface area contributed by atoms with Crippen molar-refractivity contribution in [2.24, 2.45) is 0 Å². The molecule has 0 heteroatoms. The van der Waals surface area contributed by atoms with Gasteiger partial charge in [-0.3, -0.25) is 0 Å². The lowest BCUT2D eigenvalue weighted by Gasteiger charge is -2.05. The van der Waals surface area contributed by atoms with Crippen molar-refractivity contribution in [3.05, 3.63) is 60.2 Å². The van der Waals surface area contributed by atoms with E-state index in [1.54, 1.807) is 0 Å². The summed E-state index contributed by atoms with van der Waals surface area (Å²) in [6, 6.07) is 10.8. The smallest absolute Gasteiger partial charge is 0.0175 e. The van der Waals surface area contributed by atoms with Crippen LogP contribution in [0.1, 0.15) is 16.7 Å². The highest BCUT2D eigenvalue weighted by Gasteiger charge is 1.99. The minimum Gasteiger partial charge on any atom is -0.0984 e. The van der Waals surface area contributed by atoms with Crippen molar-refractivity contribution < 1.29 is 0 Å². The molecule has 0 unspecified atom stereocenters. The predicted molar refractivity (Wildman–Crippen MR) is 68.9 cm³/mol. The van der Waals surface area contributed by atoms with Crippen LogP contribution in [-0.4, -0.2) is 0 Å². The summed E-state index contributed by atoms with van der Waals surface area (Å²) in [5, 5.41) is 2.51. The average molecular weight is 194 g/mol. The third-order valence-corrected chi connectivity index (χ3v) is 2.64. The molecule has 0 aliphatic heterocycles. The number of benzene rings is 2. The fourth-order valence-corrected chi connectivity index (χ4v) is 1.81. The highest BCUT2D eigenvalue weighted by molar-refractivity contribution is 5.88. The van der Waals surface area contributed by atoms with Gasteiger partial charge in [-0.05, 0) is 41.0 Å². The molecule has 0 atom stereocenters. The summed E-state index contributed by atoms with van der Waals surface area (Å²) in [6.07, 6.45) is 3.75. The molecule has 74 valence electrons. The van der Waals surface area contributed by atoms with Crippen molar-refractivity contribution in [1.29, 1.82) is 0 Å². The van der Waals surface area contributed by atoms with Crippen molar-refractivity contribution in [3.63, 3.8) is 0 Å². The van der Waals surface area contributed by atoms with E-state index in [0.29, 0.717) is 0 Å². The molecule has 0 N–H and O–H groups in total. The molecule has 0 radical (unpaired) electrons. The van der Waals surface area contributed by atoms with Gasteiger partial charge in [-0.25, -0.2) is 0 Å². The average Bonchev–Trinajstić information content (AvgIpc) is 2.27. The molecule has 2 aromatic carbocycles. The van der Waals surface area contributed by atoms with Crippen LogP contribution in [0.25, 0.3) is 22.9 Å². The first-order valence-corrected chi connectivity index (χ1v) is 5.04. The minimum absolute atomic E-state index is 1.14. The largest absolute Gasteiger partial charge is 0.0984 e. The van der Waals surface area contributed by atoms with Gasteiger partial charge in [-0.1, -0.05) is 49.1 Å². The maximum Gasteiger partial charge on any atom is -0.0175 e. The van der Waals surface area contributed by atoms with Crippen molar-refractivity contribution in [3.8, 4) is 0 Å². The van der Waals surface area contributed by atoms with Crippen LogP contribution in [0.2, 0.25) is 0 Å². The van der Waals surface area contributed by atoms with E-state index in [9.17, 15) is 0 Å². The van der Waals surface area contributed by atoms with E-state index >= 15 is 0 Å². The molecule has 15 heavy (non-hydrogen) atoms. The summed E-state index contributed by atoms with van der Waals surface area (Å²) in [4.78, 5) is 0. The fraction of sp³-hybridized carbons (Fsp3) is 0.0667. The summed E-state index contributed by atoms with van der Waals surface area (Å²) in [5.41, 5.74) is 3.56. The fourth-order valence-electron chi connectivity index (χ4n) is 1.81. The van der Waals surface area contributed by atoms with Crippen LogP contribution < -0.4 is 0 Å². The quantitative estimate of drug-likeness (QED) is 0.663. The van der Waals surface area contributed by atoms with Crippen LogP contribution in [0.5, 0.6) is 0 Å². The van der Waals surface area contributed by atoms with E-state index < -0.39 is 0 Å². The normalized spacial score (nSPS) is 10.2. The van der Waals surface area contributed by atoms with Crippen LogP contribution in [0.15, 0.2) is 43.5 Å². The Morgan fingerprint density at radius 2 is 1.47 bits per heavy atom. The second kappa shape index (κ2) is 3.74. The Bertz CT molecular complexity index is 533. The minimum atomic E-state index is 1.14. The number of hydrogen-bond acceptors (Lipinski definition) is 0. The molecule has 0 saturated carbocycles. The van der Waals surface area contributed by atoms with Gasteiger partial charge in [0.1, 0.15) is 0 Å². The van der Waals surface area contributed by atoms with Gasteiger partial charge in [-0.15, -0.1) is 0 Å². The van der Waals surface area contributed by atoms with E-state index in [4.69, 9.17) is 0 Å². The highest BCUT2D eigenvalue weighted by Crippen LogP contribution is 2.22. The van der Waals surface area contributed by atoms with Crippen LogP contribution >= 0.6 is 0 Å². The van der Waals surface area contributed by atoms with E-state index in [0.717, 1.165) is 11.1 Å². The molecule has 2 aromatic rings. The monoisotopic (exact) mass is 194 g/mol. The molecule has 0 saturated heterocycles. The molecule has 0 heterocycles.